The summed E-state index contributed by atoms with van der Waals surface area (Å²) >= 11 is 0. The zero-order valence-corrected chi connectivity index (χ0v) is 21.3. The Morgan fingerprint density at radius 3 is 2.49 bits per heavy atom. The molecule has 0 fully saturated rings. The minimum absolute atomic E-state index is 0.103. The highest BCUT2D eigenvalue weighted by Gasteiger charge is 2.14. The summed E-state index contributed by atoms with van der Waals surface area (Å²) in [5.74, 6) is 3.03. The average molecular weight is 492 g/mol. The first-order valence-corrected chi connectivity index (χ1v) is 12.2. The van der Waals surface area contributed by atoms with Crippen molar-refractivity contribution in [1.29, 1.82) is 0 Å². The molecule has 0 aliphatic heterocycles. The van der Waals surface area contributed by atoms with E-state index in [1.54, 1.807) is 12.5 Å². The summed E-state index contributed by atoms with van der Waals surface area (Å²) in [6.07, 6.45) is 5.23. The van der Waals surface area contributed by atoms with Gasteiger partial charge in [0, 0.05) is 53.6 Å². The molecule has 0 radical (unpaired) electrons. The molecular weight excluding hydrogens is 462 g/mol. The number of benzene rings is 2. The lowest BCUT2D eigenvalue weighted by atomic mass is 10.0. The summed E-state index contributed by atoms with van der Waals surface area (Å²) < 4.78 is 5.85. The van der Waals surface area contributed by atoms with Gasteiger partial charge in [0.2, 0.25) is 0 Å². The zero-order chi connectivity index (χ0) is 25.8. The van der Waals surface area contributed by atoms with Gasteiger partial charge in [-0.25, -0.2) is 19.9 Å². The maximum atomic E-state index is 5.85. The van der Waals surface area contributed by atoms with Crippen LogP contribution in [0.25, 0.3) is 22.0 Å². The van der Waals surface area contributed by atoms with Crippen LogP contribution in [-0.4, -0.2) is 33.1 Å². The van der Waals surface area contributed by atoms with E-state index in [4.69, 9.17) is 4.74 Å². The molecular formula is C29H29N7O. The fourth-order valence-corrected chi connectivity index (χ4v) is 4.16. The van der Waals surface area contributed by atoms with Crippen molar-refractivity contribution in [1.82, 2.24) is 19.9 Å². The zero-order valence-electron chi connectivity index (χ0n) is 21.3. The highest BCUT2D eigenvalue weighted by atomic mass is 16.5. The van der Waals surface area contributed by atoms with Crippen molar-refractivity contribution < 1.29 is 4.74 Å². The van der Waals surface area contributed by atoms with Crippen molar-refractivity contribution in [2.45, 2.75) is 26.9 Å². The molecule has 0 spiro atoms. The van der Waals surface area contributed by atoms with E-state index in [-0.39, 0.29) is 6.10 Å². The van der Waals surface area contributed by atoms with Crippen LogP contribution in [-0.2, 0) is 0 Å². The van der Waals surface area contributed by atoms with Crippen LogP contribution in [0.1, 0.15) is 19.4 Å². The van der Waals surface area contributed by atoms with Crippen LogP contribution in [0.4, 0.5) is 28.8 Å². The van der Waals surface area contributed by atoms with Crippen LogP contribution in [0.15, 0.2) is 79.4 Å². The average Bonchev–Trinajstić information content (AvgIpc) is 2.90. The molecule has 0 aliphatic rings. The normalized spacial score (nSPS) is 10.9. The van der Waals surface area contributed by atoms with Gasteiger partial charge >= 0.3 is 0 Å². The largest absolute Gasteiger partial charge is 0.491 e. The van der Waals surface area contributed by atoms with E-state index in [0.717, 1.165) is 56.4 Å². The molecule has 5 aromatic rings. The Labute approximate surface area is 216 Å². The molecule has 0 aliphatic carbocycles. The monoisotopic (exact) mass is 491 g/mol. The Kier molecular flexibility index (Phi) is 6.81. The Balaban J connectivity index is 1.52. The lowest BCUT2D eigenvalue weighted by molar-refractivity contribution is 0.242. The van der Waals surface area contributed by atoms with Crippen LogP contribution >= 0.6 is 0 Å². The second kappa shape index (κ2) is 10.5. The van der Waals surface area contributed by atoms with Gasteiger partial charge in [-0.2, -0.15) is 0 Å². The topological polar surface area (TPSA) is 96.9 Å². The smallest absolute Gasteiger partial charge is 0.139 e. The van der Waals surface area contributed by atoms with E-state index in [1.807, 2.05) is 75.6 Å². The number of aryl methyl sites for hydroxylation is 1. The first kappa shape index (κ1) is 24.0. The molecule has 0 unspecified atom stereocenters. The number of ether oxygens (including phenoxy) is 1. The molecule has 3 aromatic heterocycles. The maximum absolute atomic E-state index is 5.85. The van der Waals surface area contributed by atoms with Gasteiger partial charge in [0.05, 0.1) is 17.5 Å². The maximum Gasteiger partial charge on any atom is 0.139 e. The molecule has 8 heteroatoms. The number of rotatable bonds is 8. The van der Waals surface area contributed by atoms with Crippen molar-refractivity contribution in [3.8, 4) is 17.0 Å². The Hall–Kier alpha value is -4.72. The molecule has 5 rings (SSSR count). The molecule has 8 nitrogen and oxygen atoms in total. The number of hydrogen-bond donors (Lipinski definition) is 3. The summed E-state index contributed by atoms with van der Waals surface area (Å²) in [6.45, 7) is 6.11. The van der Waals surface area contributed by atoms with Crippen molar-refractivity contribution in [2.75, 3.05) is 23.0 Å². The Morgan fingerprint density at radius 2 is 1.65 bits per heavy atom. The van der Waals surface area contributed by atoms with E-state index >= 15 is 0 Å². The van der Waals surface area contributed by atoms with Gasteiger partial charge in [-0.1, -0.05) is 18.2 Å². The summed E-state index contributed by atoms with van der Waals surface area (Å²) in [4.78, 5) is 18.0. The second-order valence-electron chi connectivity index (χ2n) is 8.89. The quantitative estimate of drug-likeness (QED) is 0.220. The minimum atomic E-state index is 0.103. The van der Waals surface area contributed by atoms with Crippen LogP contribution in [0.2, 0.25) is 0 Å². The lowest BCUT2D eigenvalue weighted by Crippen LogP contribution is -2.05. The predicted octanol–water partition coefficient (Wildman–Crippen LogP) is 6.71. The van der Waals surface area contributed by atoms with Gasteiger partial charge in [0.15, 0.2) is 0 Å². The van der Waals surface area contributed by atoms with E-state index in [9.17, 15) is 0 Å². The van der Waals surface area contributed by atoms with E-state index in [0.29, 0.717) is 5.82 Å². The molecule has 0 saturated heterocycles. The number of pyridine rings is 2. The number of fused-ring (bicyclic) bond motifs is 1. The molecule has 0 saturated carbocycles. The van der Waals surface area contributed by atoms with Gasteiger partial charge in [0.1, 0.15) is 29.5 Å². The van der Waals surface area contributed by atoms with E-state index in [1.165, 1.54) is 0 Å². The Bertz CT molecular complexity index is 1550. The van der Waals surface area contributed by atoms with Gasteiger partial charge in [-0.3, -0.25) is 0 Å². The van der Waals surface area contributed by atoms with E-state index < -0.39 is 0 Å². The fourth-order valence-electron chi connectivity index (χ4n) is 4.16. The lowest BCUT2D eigenvalue weighted by Gasteiger charge is -2.17. The number of nitrogens with zero attached hydrogens (tertiary/aromatic N) is 4. The molecule has 186 valence electrons. The first-order valence-electron chi connectivity index (χ1n) is 12.2. The minimum Gasteiger partial charge on any atom is -0.491 e. The van der Waals surface area contributed by atoms with Crippen molar-refractivity contribution >= 4 is 39.6 Å². The molecule has 0 atom stereocenters. The number of hydrogen-bond acceptors (Lipinski definition) is 8. The fraction of sp³-hybridized carbons (Fsp3) is 0.172. The number of aromatic nitrogens is 4. The van der Waals surface area contributed by atoms with Crippen LogP contribution in [0.3, 0.4) is 0 Å². The van der Waals surface area contributed by atoms with Gasteiger partial charge < -0.3 is 20.7 Å². The molecule has 0 bridgehead atoms. The molecule has 2 aromatic carbocycles. The molecule has 3 N–H and O–H groups in total. The molecule has 3 heterocycles. The third-order valence-corrected chi connectivity index (χ3v) is 5.87. The third kappa shape index (κ3) is 5.28. The van der Waals surface area contributed by atoms with Gasteiger partial charge in [0.25, 0.3) is 0 Å². The van der Waals surface area contributed by atoms with Gasteiger partial charge in [-0.05, 0) is 56.7 Å². The second-order valence-corrected chi connectivity index (χ2v) is 8.89. The van der Waals surface area contributed by atoms with Crippen molar-refractivity contribution in [3.63, 3.8) is 0 Å². The summed E-state index contributed by atoms with van der Waals surface area (Å²) in [7, 11) is 1.83. The summed E-state index contributed by atoms with van der Waals surface area (Å²) in [6, 6.07) is 19.9. The summed E-state index contributed by atoms with van der Waals surface area (Å²) in [5.41, 5.74) is 4.62. The van der Waals surface area contributed by atoms with E-state index in [2.05, 4.69) is 54.9 Å². The SMILES string of the molecule is CNc1cc(-c2cccnc2Nc2c(C)ccc3c(Nc4cccc(OC(C)C)c4)nccc23)ncn1. The highest BCUT2D eigenvalue weighted by Crippen LogP contribution is 2.36. The molecule has 37 heavy (non-hydrogen) atoms. The van der Waals surface area contributed by atoms with Crippen molar-refractivity contribution in [2.24, 2.45) is 0 Å². The van der Waals surface area contributed by atoms with Crippen LogP contribution in [0.5, 0.6) is 5.75 Å². The number of nitrogens with one attached hydrogen (secondary N) is 3. The highest BCUT2D eigenvalue weighted by molar-refractivity contribution is 6.03. The molecule has 0 amide bonds. The Morgan fingerprint density at radius 1 is 0.784 bits per heavy atom. The van der Waals surface area contributed by atoms with Crippen LogP contribution in [0, 0.1) is 6.92 Å². The van der Waals surface area contributed by atoms with Crippen molar-refractivity contribution in [3.05, 3.63) is 84.9 Å². The standard InChI is InChI=1S/C29H29N7O/c1-18(2)37-21-8-5-7-20(15-21)35-28-23-11-10-19(3)27(22(23)12-14-32-28)36-29-24(9-6-13-31-29)25-16-26(30-4)34-17-33-25/h5-18H,1-4H3,(H,31,36)(H,32,35)(H,30,33,34). The van der Waals surface area contributed by atoms with Crippen LogP contribution < -0.4 is 20.7 Å². The number of anilines is 5. The summed E-state index contributed by atoms with van der Waals surface area (Å²) in [5, 5.41) is 12.1. The van der Waals surface area contributed by atoms with Gasteiger partial charge in [-0.15, -0.1) is 0 Å². The predicted molar refractivity (Wildman–Crippen MR) is 150 cm³/mol. The third-order valence-electron chi connectivity index (χ3n) is 5.87. The first-order chi connectivity index (χ1) is 18.0.